The summed E-state index contributed by atoms with van der Waals surface area (Å²) in [5.41, 5.74) is 2.32. The zero-order valence-electron chi connectivity index (χ0n) is 20.0. The molecule has 0 saturated heterocycles. The molecular weight excluding hydrogens is 444 g/mol. The summed E-state index contributed by atoms with van der Waals surface area (Å²) in [7, 11) is 1.60. The molecule has 2 N–H and O–H groups in total. The Balaban J connectivity index is 1.53. The molecule has 0 radical (unpaired) electrons. The largest absolute Gasteiger partial charge is 0.490 e. The van der Waals surface area contributed by atoms with E-state index in [1.807, 2.05) is 67.6 Å². The normalized spacial score (nSPS) is 10.6. The Hall–Kier alpha value is -4.26. The van der Waals surface area contributed by atoms with Gasteiger partial charge < -0.3 is 24.8 Å². The van der Waals surface area contributed by atoms with E-state index >= 15 is 0 Å². The first-order valence-electron chi connectivity index (χ1n) is 11.4. The number of carbonyl (C=O) groups is 2. The molecule has 0 aliphatic heterocycles. The fourth-order valence-electron chi connectivity index (χ4n) is 3.18. The maximum absolute atomic E-state index is 12.3. The van der Waals surface area contributed by atoms with E-state index < -0.39 is 0 Å². The maximum Gasteiger partial charge on any atom is 0.248 e. The molecule has 0 atom stereocenters. The predicted octanol–water partition coefficient (Wildman–Crippen LogP) is 4.48. The van der Waals surface area contributed by atoms with Gasteiger partial charge in [0.25, 0.3) is 0 Å². The van der Waals surface area contributed by atoms with Crippen LogP contribution in [0.2, 0.25) is 0 Å². The van der Waals surface area contributed by atoms with Crippen molar-refractivity contribution in [1.29, 1.82) is 0 Å². The third-order valence-corrected chi connectivity index (χ3v) is 4.91. The van der Waals surface area contributed by atoms with Crippen molar-refractivity contribution in [2.75, 3.05) is 32.2 Å². The van der Waals surface area contributed by atoms with E-state index in [2.05, 4.69) is 10.6 Å². The molecule has 2 amide bonds. The average molecular weight is 475 g/mol. The SMILES string of the molecule is CCOc1cc(/C=C/C(=O)Nc2ccc(CC(=O)NC)cc2)ccc1OCCOc1ccccc1. The molecule has 0 bridgehead atoms. The van der Waals surface area contributed by atoms with Crippen LogP contribution in [0.25, 0.3) is 6.08 Å². The van der Waals surface area contributed by atoms with Crippen LogP contribution in [0.15, 0.2) is 78.9 Å². The van der Waals surface area contributed by atoms with Crippen LogP contribution < -0.4 is 24.8 Å². The summed E-state index contributed by atoms with van der Waals surface area (Å²) in [5, 5.41) is 5.40. The monoisotopic (exact) mass is 474 g/mol. The second-order valence-electron chi connectivity index (χ2n) is 7.52. The number of likely N-dealkylation sites (N-methyl/N-ethyl adjacent to an activating group) is 1. The molecule has 0 aliphatic rings. The molecule has 0 spiro atoms. The highest BCUT2D eigenvalue weighted by Crippen LogP contribution is 2.29. The third-order valence-electron chi connectivity index (χ3n) is 4.91. The number of hydrogen-bond acceptors (Lipinski definition) is 5. The Labute approximate surface area is 205 Å². The van der Waals surface area contributed by atoms with Crippen molar-refractivity contribution >= 4 is 23.6 Å². The minimum Gasteiger partial charge on any atom is -0.490 e. The van der Waals surface area contributed by atoms with Crippen molar-refractivity contribution in [2.45, 2.75) is 13.3 Å². The van der Waals surface area contributed by atoms with Crippen LogP contribution >= 0.6 is 0 Å². The quantitative estimate of drug-likeness (QED) is 0.299. The number of rotatable bonds is 12. The highest BCUT2D eigenvalue weighted by atomic mass is 16.5. The van der Waals surface area contributed by atoms with E-state index in [9.17, 15) is 9.59 Å². The average Bonchev–Trinajstić information content (AvgIpc) is 2.88. The number of hydrogen-bond donors (Lipinski definition) is 2. The molecule has 0 saturated carbocycles. The van der Waals surface area contributed by atoms with Crippen LogP contribution in [0.3, 0.4) is 0 Å². The van der Waals surface area contributed by atoms with Gasteiger partial charge in [-0.3, -0.25) is 9.59 Å². The van der Waals surface area contributed by atoms with Gasteiger partial charge in [0.2, 0.25) is 11.8 Å². The van der Waals surface area contributed by atoms with Crippen molar-refractivity contribution in [3.8, 4) is 17.2 Å². The molecule has 0 aliphatic carbocycles. The van der Waals surface area contributed by atoms with E-state index in [1.165, 1.54) is 6.08 Å². The van der Waals surface area contributed by atoms with Crippen LogP contribution in [0.1, 0.15) is 18.1 Å². The standard InChI is InChI=1S/C28H30N2O5/c1-3-33-26-19-21(11-15-25(26)35-18-17-34-24-7-5-4-6-8-24)12-16-27(31)30-23-13-9-22(10-14-23)20-28(32)29-2/h4-16,19H,3,17-18,20H2,1-2H3,(H,29,32)(H,30,31)/b16-12+. The van der Waals surface area contributed by atoms with E-state index in [4.69, 9.17) is 14.2 Å². The first kappa shape index (κ1) is 25.4. The first-order chi connectivity index (χ1) is 17.1. The van der Waals surface area contributed by atoms with E-state index in [0.717, 1.165) is 16.9 Å². The minimum atomic E-state index is -0.264. The van der Waals surface area contributed by atoms with Crippen LogP contribution in [-0.2, 0) is 16.0 Å². The number of benzene rings is 3. The molecule has 7 heteroatoms. The molecule has 35 heavy (non-hydrogen) atoms. The van der Waals surface area contributed by atoms with Crippen molar-refractivity contribution in [2.24, 2.45) is 0 Å². The molecule has 3 rings (SSSR count). The van der Waals surface area contributed by atoms with Crippen LogP contribution in [0.5, 0.6) is 17.2 Å². The molecule has 0 aromatic heterocycles. The number of ether oxygens (including phenoxy) is 3. The van der Waals surface area contributed by atoms with Gasteiger partial charge in [-0.2, -0.15) is 0 Å². The molecule has 182 valence electrons. The molecule has 0 heterocycles. The Morgan fingerprint density at radius 1 is 0.857 bits per heavy atom. The number of anilines is 1. The molecule has 3 aromatic rings. The lowest BCUT2D eigenvalue weighted by Gasteiger charge is -2.13. The lowest BCUT2D eigenvalue weighted by molar-refractivity contribution is -0.120. The lowest BCUT2D eigenvalue weighted by Crippen LogP contribution is -2.19. The molecular formula is C28H30N2O5. The number of para-hydroxylation sites is 1. The van der Waals surface area contributed by atoms with Crippen LogP contribution in [0, 0.1) is 0 Å². The van der Waals surface area contributed by atoms with Gasteiger partial charge in [-0.15, -0.1) is 0 Å². The van der Waals surface area contributed by atoms with Crippen LogP contribution in [0.4, 0.5) is 5.69 Å². The van der Waals surface area contributed by atoms with Crippen molar-refractivity contribution in [1.82, 2.24) is 5.32 Å². The van der Waals surface area contributed by atoms with Gasteiger partial charge in [-0.25, -0.2) is 0 Å². The second-order valence-corrected chi connectivity index (χ2v) is 7.52. The van der Waals surface area contributed by atoms with Gasteiger partial charge in [0.1, 0.15) is 19.0 Å². The smallest absolute Gasteiger partial charge is 0.248 e. The molecule has 3 aromatic carbocycles. The lowest BCUT2D eigenvalue weighted by atomic mass is 10.1. The summed E-state index contributed by atoms with van der Waals surface area (Å²) < 4.78 is 17.2. The van der Waals surface area contributed by atoms with E-state index in [1.54, 1.807) is 25.3 Å². The van der Waals surface area contributed by atoms with Gasteiger partial charge >= 0.3 is 0 Å². The topological polar surface area (TPSA) is 85.9 Å². The second kappa shape index (κ2) is 13.4. The van der Waals surface area contributed by atoms with Gasteiger partial charge in [0, 0.05) is 18.8 Å². The summed E-state index contributed by atoms with van der Waals surface area (Å²) in [5.74, 6) is 1.68. The number of amides is 2. The maximum atomic E-state index is 12.3. The van der Waals surface area contributed by atoms with Crippen molar-refractivity contribution < 1.29 is 23.8 Å². The van der Waals surface area contributed by atoms with E-state index in [0.29, 0.717) is 43.4 Å². The highest BCUT2D eigenvalue weighted by Gasteiger charge is 2.07. The third kappa shape index (κ3) is 8.55. The summed E-state index contributed by atoms with van der Waals surface area (Å²) in [6.07, 6.45) is 3.46. The highest BCUT2D eigenvalue weighted by molar-refractivity contribution is 6.02. The van der Waals surface area contributed by atoms with Crippen molar-refractivity contribution in [3.05, 3.63) is 90.0 Å². The minimum absolute atomic E-state index is 0.0620. The van der Waals surface area contributed by atoms with Gasteiger partial charge in [0.05, 0.1) is 13.0 Å². The summed E-state index contributed by atoms with van der Waals surface area (Å²) in [4.78, 5) is 23.8. The fourth-order valence-corrected chi connectivity index (χ4v) is 3.18. The molecule has 0 fully saturated rings. The number of nitrogens with one attached hydrogen (secondary N) is 2. The zero-order chi connectivity index (χ0) is 24.9. The number of carbonyl (C=O) groups excluding carboxylic acids is 2. The summed E-state index contributed by atoms with van der Waals surface area (Å²) in [6, 6.07) is 22.2. The summed E-state index contributed by atoms with van der Waals surface area (Å²) >= 11 is 0. The Bertz CT molecular complexity index is 1130. The first-order valence-corrected chi connectivity index (χ1v) is 11.4. The van der Waals surface area contributed by atoms with Gasteiger partial charge in [-0.1, -0.05) is 36.4 Å². The predicted molar refractivity (Wildman–Crippen MR) is 137 cm³/mol. The van der Waals surface area contributed by atoms with Crippen molar-refractivity contribution in [3.63, 3.8) is 0 Å². The Morgan fingerprint density at radius 3 is 2.31 bits per heavy atom. The fraction of sp³-hybridized carbons (Fsp3) is 0.214. The van der Waals surface area contributed by atoms with Crippen LogP contribution in [-0.4, -0.2) is 38.7 Å². The molecule has 0 unspecified atom stereocenters. The molecule has 7 nitrogen and oxygen atoms in total. The zero-order valence-corrected chi connectivity index (χ0v) is 20.0. The summed E-state index contributed by atoms with van der Waals surface area (Å²) in [6.45, 7) is 3.16. The Kier molecular flexibility index (Phi) is 9.75. The Morgan fingerprint density at radius 2 is 1.60 bits per heavy atom. The van der Waals surface area contributed by atoms with Gasteiger partial charge in [0.15, 0.2) is 11.5 Å². The van der Waals surface area contributed by atoms with Gasteiger partial charge in [-0.05, 0) is 60.5 Å². The van der Waals surface area contributed by atoms with E-state index in [-0.39, 0.29) is 11.8 Å².